The topological polar surface area (TPSA) is 145 Å². The fourth-order valence-corrected chi connectivity index (χ4v) is 1.53. The fourth-order valence-electron chi connectivity index (χ4n) is 1.53. The molecule has 0 aliphatic rings. The molecular weight excluding hydrogens is 266 g/mol. The molecule has 0 atom stereocenters. The van der Waals surface area contributed by atoms with Crippen LogP contribution in [0.1, 0.15) is 11.7 Å². The van der Waals surface area contributed by atoms with Crippen molar-refractivity contribution in [1.29, 1.82) is 0 Å². The second-order valence-electron chi connectivity index (χ2n) is 3.91. The minimum atomic E-state index is -0.519. The molecule has 0 amide bonds. The van der Waals surface area contributed by atoms with Gasteiger partial charge in [0.15, 0.2) is 5.82 Å². The number of nitrogen functional groups attached to an aromatic ring is 1. The second kappa shape index (κ2) is 5.93. The molecule has 20 heavy (non-hydrogen) atoms. The van der Waals surface area contributed by atoms with Crippen LogP contribution >= 0.6 is 0 Å². The van der Waals surface area contributed by atoms with Crippen LogP contribution in [0, 0.1) is 17.0 Å². The minimum absolute atomic E-state index is 0.107. The molecule has 0 aliphatic heterocycles. The number of rotatable bonds is 6. The highest BCUT2D eigenvalue weighted by atomic mass is 16.6. The van der Waals surface area contributed by atoms with E-state index in [4.69, 9.17) is 10.4 Å². The van der Waals surface area contributed by atoms with E-state index in [1.165, 1.54) is 12.1 Å². The first-order valence-corrected chi connectivity index (χ1v) is 5.74. The highest BCUT2D eigenvalue weighted by Gasteiger charge is 2.11. The lowest BCUT2D eigenvalue weighted by molar-refractivity contribution is -0.384. The molecule has 2 rings (SSSR count). The highest BCUT2D eigenvalue weighted by molar-refractivity contribution is 5.54. The molecule has 0 bridgehead atoms. The maximum Gasteiger partial charge on any atom is 0.276 e. The van der Waals surface area contributed by atoms with E-state index in [1.807, 2.05) is 0 Å². The lowest BCUT2D eigenvalue weighted by Gasteiger charge is -2.06. The van der Waals surface area contributed by atoms with Crippen molar-refractivity contribution in [2.45, 2.75) is 13.3 Å². The summed E-state index contributed by atoms with van der Waals surface area (Å²) in [5.74, 6) is 6.80. The average molecular weight is 279 g/mol. The van der Waals surface area contributed by atoms with Gasteiger partial charge in [0.05, 0.1) is 17.1 Å². The summed E-state index contributed by atoms with van der Waals surface area (Å²) in [6.45, 7) is 2.17. The molecule has 106 valence electrons. The van der Waals surface area contributed by atoms with Crippen LogP contribution < -0.4 is 16.6 Å². The fraction of sp³-hybridized carbons (Fsp3) is 0.300. The third kappa shape index (κ3) is 3.38. The summed E-state index contributed by atoms with van der Waals surface area (Å²) in [5.41, 5.74) is 2.17. The number of hydrazine groups is 1. The Balaban J connectivity index is 2.01. The maximum absolute atomic E-state index is 10.8. The minimum Gasteiger partial charge on any atom is -0.369 e. The Morgan fingerprint density at radius 1 is 1.40 bits per heavy atom. The number of hydrogen-bond acceptors (Lipinski definition) is 9. The van der Waals surface area contributed by atoms with E-state index in [0.29, 0.717) is 30.5 Å². The molecule has 10 heteroatoms. The predicted molar refractivity (Wildman–Crippen MR) is 69.9 cm³/mol. The van der Waals surface area contributed by atoms with Gasteiger partial charge in [-0.15, -0.1) is 0 Å². The molecule has 0 fully saturated rings. The van der Waals surface area contributed by atoms with Crippen molar-refractivity contribution in [3.63, 3.8) is 0 Å². The molecule has 0 aromatic carbocycles. The maximum atomic E-state index is 10.8. The number of aromatic nitrogens is 3. The molecule has 4 N–H and O–H groups in total. The average Bonchev–Trinajstić information content (AvgIpc) is 2.84. The van der Waals surface area contributed by atoms with E-state index in [0.717, 1.165) is 0 Å². The molecule has 0 saturated carbocycles. The first-order chi connectivity index (χ1) is 9.58. The molecule has 2 heterocycles. The van der Waals surface area contributed by atoms with Gasteiger partial charge in [0, 0.05) is 13.0 Å². The van der Waals surface area contributed by atoms with Gasteiger partial charge in [-0.05, 0) is 6.92 Å². The van der Waals surface area contributed by atoms with Gasteiger partial charge in [0.2, 0.25) is 5.89 Å². The molecule has 0 radical (unpaired) electrons. The number of nitrogens with zero attached hydrogens (tertiary/aromatic N) is 4. The zero-order valence-electron chi connectivity index (χ0n) is 10.7. The van der Waals surface area contributed by atoms with Gasteiger partial charge in [0.1, 0.15) is 11.6 Å². The summed E-state index contributed by atoms with van der Waals surface area (Å²) in [7, 11) is 0. The molecule has 2 aromatic heterocycles. The van der Waals surface area contributed by atoms with Gasteiger partial charge in [-0.2, -0.15) is 4.98 Å². The summed E-state index contributed by atoms with van der Waals surface area (Å²) in [5, 5.41) is 17.4. The van der Waals surface area contributed by atoms with Crippen molar-refractivity contribution in [3.05, 3.63) is 34.0 Å². The Bertz CT molecular complexity index is 613. The summed E-state index contributed by atoms with van der Waals surface area (Å²) >= 11 is 0. The van der Waals surface area contributed by atoms with Crippen LogP contribution in [0.25, 0.3) is 0 Å². The van der Waals surface area contributed by atoms with Gasteiger partial charge in [-0.3, -0.25) is 10.1 Å². The number of pyridine rings is 1. The SMILES string of the molecule is Cc1noc(CCNc2cc([N+](=O)[O-])cc(NN)n2)n1. The lowest BCUT2D eigenvalue weighted by atomic mass is 10.3. The quantitative estimate of drug-likeness (QED) is 0.393. The normalized spacial score (nSPS) is 10.3. The van der Waals surface area contributed by atoms with Gasteiger partial charge in [-0.25, -0.2) is 10.8 Å². The van der Waals surface area contributed by atoms with Crippen LogP contribution in [0.5, 0.6) is 0 Å². The van der Waals surface area contributed by atoms with Crippen molar-refractivity contribution in [1.82, 2.24) is 15.1 Å². The number of nitrogens with one attached hydrogen (secondary N) is 2. The van der Waals surface area contributed by atoms with Crippen molar-refractivity contribution < 1.29 is 9.45 Å². The Morgan fingerprint density at radius 3 is 2.75 bits per heavy atom. The second-order valence-corrected chi connectivity index (χ2v) is 3.91. The first kappa shape index (κ1) is 13.7. The van der Waals surface area contributed by atoms with E-state index < -0.39 is 4.92 Å². The summed E-state index contributed by atoms with van der Waals surface area (Å²) in [6, 6.07) is 2.56. The van der Waals surface area contributed by atoms with E-state index in [-0.39, 0.29) is 11.5 Å². The van der Waals surface area contributed by atoms with E-state index in [2.05, 4.69) is 25.9 Å². The Labute approximate surface area is 113 Å². The first-order valence-electron chi connectivity index (χ1n) is 5.74. The lowest BCUT2D eigenvalue weighted by Crippen LogP contribution is -2.12. The van der Waals surface area contributed by atoms with E-state index >= 15 is 0 Å². The third-order valence-corrected chi connectivity index (χ3v) is 2.38. The predicted octanol–water partition coefficient (Wildman–Crippen LogP) is 0.621. The molecule has 0 saturated heterocycles. The number of nitro groups is 1. The number of hydrogen-bond donors (Lipinski definition) is 3. The number of aryl methyl sites for hydroxylation is 1. The summed E-state index contributed by atoms with van der Waals surface area (Å²) < 4.78 is 4.95. The Kier molecular flexibility index (Phi) is 4.05. The zero-order chi connectivity index (χ0) is 14.5. The monoisotopic (exact) mass is 279 g/mol. The zero-order valence-corrected chi connectivity index (χ0v) is 10.7. The van der Waals surface area contributed by atoms with Crippen LogP contribution in [0.2, 0.25) is 0 Å². The molecular formula is C10H13N7O3. The number of nitrogens with two attached hydrogens (primary N) is 1. The van der Waals surface area contributed by atoms with Crippen LogP contribution in [0.4, 0.5) is 17.3 Å². The van der Waals surface area contributed by atoms with Gasteiger partial charge in [0.25, 0.3) is 5.69 Å². The smallest absolute Gasteiger partial charge is 0.276 e. The van der Waals surface area contributed by atoms with Crippen molar-refractivity contribution >= 4 is 17.3 Å². The van der Waals surface area contributed by atoms with Gasteiger partial charge in [-0.1, -0.05) is 5.16 Å². The Hall–Kier alpha value is -2.75. The van der Waals surface area contributed by atoms with E-state index in [1.54, 1.807) is 6.92 Å². The highest BCUT2D eigenvalue weighted by Crippen LogP contribution is 2.19. The van der Waals surface area contributed by atoms with E-state index in [9.17, 15) is 10.1 Å². The van der Waals surface area contributed by atoms with Crippen LogP contribution in [0.3, 0.4) is 0 Å². The summed E-state index contributed by atoms with van der Waals surface area (Å²) in [4.78, 5) is 18.3. The summed E-state index contributed by atoms with van der Waals surface area (Å²) in [6.07, 6.45) is 0.483. The third-order valence-electron chi connectivity index (χ3n) is 2.38. The van der Waals surface area contributed by atoms with Crippen LogP contribution in [-0.4, -0.2) is 26.6 Å². The molecule has 10 nitrogen and oxygen atoms in total. The van der Waals surface area contributed by atoms with Crippen LogP contribution in [0.15, 0.2) is 16.7 Å². The van der Waals surface area contributed by atoms with Gasteiger partial charge >= 0.3 is 0 Å². The van der Waals surface area contributed by atoms with Crippen molar-refractivity contribution in [2.75, 3.05) is 17.3 Å². The number of anilines is 2. The molecule has 0 spiro atoms. The molecule has 2 aromatic rings. The van der Waals surface area contributed by atoms with Crippen LogP contribution in [-0.2, 0) is 6.42 Å². The largest absolute Gasteiger partial charge is 0.369 e. The molecule has 0 unspecified atom stereocenters. The Morgan fingerprint density at radius 2 is 2.15 bits per heavy atom. The van der Waals surface area contributed by atoms with Crippen molar-refractivity contribution in [2.24, 2.45) is 5.84 Å². The van der Waals surface area contributed by atoms with Crippen molar-refractivity contribution in [3.8, 4) is 0 Å². The molecule has 0 aliphatic carbocycles. The van der Waals surface area contributed by atoms with Gasteiger partial charge < -0.3 is 15.3 Å². The standard InChI is InChI=1S/C10H13N7O3/c1-6-13-10(20-16-6)2-3-12-8-4-7(17(18)19)5-9(14-8)15-11/h4-5H,2-3,11H2,1H3,(H2,12,14,15).